The minimum atomic E-state index is 0.0836. The van der Waals surface area contributed by atoms with E-state index in [2.05, 4.69) is 17.6 Å². The summed E-state index contributed by atoms with van der Waals surface area (Å²) in [6.45, 7) is 4.11. The monoisotopic (exact) mass is 247 g/mol. The van der Waals surface area contributed by atoms with Crippen molar-refractivity contribution in [3.05, 3.63) is 29.8 Å². The van der Waals surface area contributed by atoms with Crippen molar-refractivity contribution in [3.8, 4) is 0 Å². The van der Waals surface area contributed by atoms with Crippen molar-refractivity contribution < 1.29 is 4.79 Å². The highest BCUT2D eigenvalue weighted by Crippen LogP contribution is 2.12. The number of nitrogens with two attached hydrogens (primary N) is 1. The van der Waals surface area contributed by atoms with Crippen LogP contribution in [0.4, 0.5) is 5.69 Å². The molecule has 18 heavy (non-hydrogen) atoms. The number of amides is 1. The van der Waals surface area contributed by atoms with Crippen LogP contribution in [0.3, 0.4) is 0 Å². The van der Waals surface area contributed by atoms with Crippen LogP contribution >= 0.6 is 0 Å². The van der Waals surface area contributed by atoms with Crippen LogP contribution in [0, 0.1) is 5.92 Å². The maximum Gasteiger partial charge on any atom is 0.224 e. The van der Waals surface area contributed by atoms with Crippen LogP contribution < -0.4 is 16.4 Å². The van der Waals surface area contributed by atoms with E-state index in [9.17, 15) is 4.79 Å². The largest absolute Gasteiger partial charge is 0.399 e. The van der Waals surface area contributed by atoms with Gasteiger partial charge < -0.3 is 16.4 Å². The van der Waals surface area contributed by atoms with Crippen LogP contribution in [0.25, 0.3) is 0 Å². The molecule has 4 nitrogen and oxygen atoms in total. The van der Waals surface area contributed by atoms with Crippen molar-refractivity contribution in [2.45, 2.75) is 25.8 Å². The lowest BCUT2D eigenvalue weighted by Gasteiger charge is -2.30. The van der Waals surface area contributed by atoms with Gasteiger partial charge in [-0.25, -0.2) is 0 Å². The molecule has 2 atom stereocenters. The summed E-state index contributed by atoms with van der Waals surface area (Å²) in [5.74, 6) is 0.627. The standard InChI is InChI=1S/C14H21N3O/c1-10-6-7-16-9-13(10)17-14(18)8-11-2-4-12(15)5-3-11/h2-5,10,13,16H,6-9,15H2,1H3,(H,17,18). The van der Waals surface area contributed by atoms with E-state index < -0.39 is 0 Å². The Labute approximate surface area is 108 Å². The molecule has 1 aliphatic rings. The Morgan fingerprint density at radius 3 is 2.83 bits per heavy atom. The minimum absolute atomic E-state index is 0.0836. The fourth-order valence-corrected chi connectivity index (χ4v) is 2.26. The molecule has 1 saturated heterocycles. The van der Waals surface area contributed by atoms with Crippen molar-refractivity contribution in [2.24, 2.45) is 5.92 Å². The van der Waals surface area contributed by atoms with E-state index in [1.54, 1.807) is 0 Å². The van der Waals surface area contributed by atoms with Crippen molar-refractivity contribution in [1.29, 1.82) is 0 Å². The molecule has 1 aromatic carbocycles. The lowest BCUT2D eigenvalue weighted by atomic mass is 9.94. The molecule has 0 radical (unpaired) electrons. The summed E-state index contributed by atoms with van der Waals surface area (Å²) < 4.78 is 0. The summed E-state index contributed by atoms with van der Waals surface area (Å²) in [7, 11) is 0. The first-order valence-corrected chi connectivity index (χ1v) is 6.49. The smallest absolute Gasteiger partial charge is 0.224 e. The molecule has 4 heteroatoms. The van der Waals surface area contributed by atoms with Crippen LogP contribution in [0.15, 0.2) is 24.3 Å². The van der Waals surface area contributed by atoms with Crippen molar-refractivity contribution in [2.75, 3.05) is 18.8 Å². The molecule has 1 amide bonds. The number of carbonyl (C=O) groups excluding carboxylic acids is 1. The summed E-state index contributed by atoms with van der Waals surface area (Å²) in [5, 5.41) is 6.41. The quantitative estimate of drug-likeness (QED) is 0.696. The summed E-state index contributed by atoms with van der Waals surface area (Å²) in [6.07, 6.45) is 1.54. The molecule has 2 unspecified atom stereocenters. The normalized spacial score (nSPS) is 23.6. The molecule has 1 fully saturated rings. The Balaban J connectivity index is 1.86. The van der Waals surface area contributed by atoms with Crippen molar-refractivity contribution in [3.63, 3.8) is 0 Å². The molecular formula is C14H21N3O. The number of anilines is 1. The third-order valence-electron chi connectivity index (χ3n) is 3.52. The summed E-state index contributed by atoms with van der Waals surface area (Å²) in [5.41, 5.74) is 7.34. The number of nitrogen functional groups attached to an aromatic ring is 1. The summed E-state index contributed by atoms with van der Waals surface area (Å²) >= 11 is 0. The van der Waals surface area contributed by atoms with Crippen molar-refractivity contribution in [1.82, 2.24) is 10.6 Å². The van der Waals surface area contributed by atoms with Gasteiger partial charge >= 0.3 is 0 Å². The van der Waals surface area contributed by atoms with Gasteiger partial charge in [-0.2, -0.15) is 0 Å². The van der Waals surface area contributed by atoms with E-state index in [1.807, 2.05) is 24.3 Å². The lowest BCUT2D eigenvalue weighted by Crippen LogP contribution is -2.50. The Kier molecular flexibility index (Phi) is 4.20. The second kappa shape index (κ2) is 5.87. The highest BCUT2D eigenvalue weighted by Gasteiger charge is 2.22. The first kappa shape index (κ1) is 12.9. The van der Waals surface area contributed by atoms with Gasteiger partial charge in [-0.05, 0) is 36.6 Å². The molecule has 0 bridgehead atoms. The zero-order chi connectivity index (χ0) is 13.0. The van der Waals surface area contributed by atoms with E-state index in [-0.39, 0.29) is 11.9 Å². The van der Waals surface area contributed by atoms with Gasteiger partial charge in [0.25, 0.3) is 0 Å². The molecule has 1 aromatic rings. The van der Waals surface area contributed by atoms with Crippen molar-refractivity contribution >= 4 is 11.6 Å². The lowest BCUT2D eigenvalue weighted by molar-refractivity contribution is -0.121. The van der Waals surface area contributed by atoms with Gasteiger partial charge in [0.2, 0.25) is 5.91 Å². The maximum atomic E-state index is 11.9. The highest BCUT2D eigenvalue weighted by molar-refractivity contribution is 5.79. The van der Waals surface area contributed by atoms with Gasteiger partial charge in [0, 0.05) is 18.3 Å². The average molecular weight is 247 g/mol. The zero-order valence-electron chi connectivity index (χ0n) is 10.8. The third kappa shape index (κ3) is 3.47. The van der Waals surface area contributed by atoms with Gasteiger partial charge in [-0.3, -0.25) is 4.79 Å². The number of hydrogen-bond acceptors (Lipinski definition) is 3. The van der Waals surface area contributed by atoms with Gasteiger partial charge in [0.1, 0.15) is 0 Å². The number of piperidine rings is 1. The number of rotatable bonds is 3. The summed E-state index contributed by atoms with van der Waals surface area (Å²) in [6, 6.07) is 7.70. The number of hydrogen-bond donors (Lipinski definition) is 3. The van der Waals surface area contributed by atoms with E-state index in [0.717, 1.165) is 30.8 Å². The van der Waals surface area contributed by atoms with Crippen LogP contribution in [-0.4, -0.2) is 25.0 Å². The van der Waals surface area contributed by atoms with Gasteiger partial charge in [0.05, 0.1) is 6.42 Å². The third-order valence-corrected chi connectivity index (χ3v) is 3.52. The van der Waals surface area contributed by atoms with Crippen LogP contribution in [0.2, 0.25) is 0 Å². The number of carbonyl (C=O) groups is 1. The van der Waals surface area contributed by atoms with Gasteiger partial charge in [0.15, 0.2) is 0 Å². The predicted octanol–water partition coefficient (Wildman–Crippen LogP) is 0.926. The molecule has 0 aliphatic carbocycles. The maximum absolute atomic E-state index is 11.9. The van der Waals surface area contributed by atoms with E-state index in [4.69, 9.17) is 5.73 Å². The molecule has 2 rings (SSSR count). The Morgan fingerprint density at radius 1 is 1.44 bits per heavy atom. The fraction of sp³-hybridized carbons (Fsp3) is 0.500. The Bertz CT molecular complexity index is 402. The first-order chi connectivity index (χ1) is 8.65. The van der Waals surface area contributed by atoms with Gasteiger partial charge in [-0.15, -0.1) is 0 Å². The fourth-order valence-electron chi connectivity index (χ4n) is 2.26. The first-order valence-electron chi connectivity index (χ1n) is 6.49. The van der Waals surface area contributed by atoms with Gasteiger partial charge in [-0.1, -0.05) is 19.1 Å². The van der Waals surface area contributed by atoms with Crippen LogP contribution in [0.1, 0.15) is 18.9 Å². The number of benzene rings is 1. The molecule has 98 valence electrons. The summed E-state index contributed by atoms with van der Waals surface area (Å²) in [4.78, 5) is 11.9. The van der Waals surface area contributed by atoms with E-state index in [1.165, 1.54) is 0 Å². The Hall–Kier alpha value is -1.55. The predicted molar refractivity (Wildman–Crippen MR) is 73.1 cm³/mol. The molecule has 1 aliphatic heterocycles. The SMILES string of the molecule is CC1CCNCC1NC(=O)Cc1ccc(N)cc1. The van der Waals surface area contributed by atoms with Crippen LogP contribution in [0.5, 0.6) is 0 Å². The van der Waals surface area contributed by atoms with E-state index >= 15 is 0 Å². The highest BCUT2D eigenvalue weighted by atomic mass is 16.1. The average Bonchev–Trinajstić information content (AvgIpc) is 2.35. The minimum Gasteiger partial charge on any atom is -0.399 e. The molecule has 0 aromatic heterocycles. The molecular weight excluding hydrogens is 226 g/mol. The second-order valence-corrected chi connectivity index (χ2v) is 5.06. The topological polar surface area (TPSA) is 67.1 Å². The number of nitrogens with one attached hydrogen (secondary N) is 2. The Morgan fingerprint density at radius 2 is 2.17 bits per heavy atom. The van der Waals surface area contributed by atoms with E-state index in [0.29, 0.717) is 12.3 Å². The molecule has 0 saturated carbocycles. The second-order valence-electron chi connectivity index (χ2n) is 5.06. The molecule has 4 N–H and O–H groups in total. The zero-order valence-corrected chi connectivity index (χ0v) is 10.8. The van der Waals surface area contributed by atoms with Crippen LogP contribution in [-0.2, 0) is 11.2 Å². The molecule has 1 heterocycles. The molecule has 0 spiro atoms.